The van der Waals surface area contributed by atoms with Gasteiger partial charge in [0.05, 0.1) is 5.60 Å². The minimum atomic E-state index is -0.575. The maximum atomic E-state index is 12.3. The zero-order valence-corrected chi connectivity index (χ0v) is 13.8. The number of rotatable bonds is 3. The summed E-state index contributed by atoms with van der Waals surface area (Å²) in [7, 11) is 0. The van der Waals surface area contributed by atoms with Crippen LogP contribution in [-0.4, -0.2) is 46.9 Å². The van der Waals surface area contributed by atoms with Crippen molar-refractivity contribution in [2.24, 2.45) is 0 Å². The van der Waals surface area contributed by atoms with Gasteiger partial charge in [-0.1, -0.05) is 0 Å². The van der Waals surface area contributed by atoms with Crippen molar-refractivity contribution >= 4 is 5.91 Å². The highest BCUT2D eigenvalue weighted by molar-refractivity contribution is 5.76. The van der Waals surface area contributed by atoms with Crippen LogP contribution in [0.5, 0.6) is 0 Å². The summed E-state index contributed by atoms with van der Waals surface area (Å²) >= 11 is 0. The Labute approximate surface area is 139 Å². The molecule has 2 aliphatic rings. The van der Waals surface area contributed by atoms with Crippen LogP contribution in [0.25, 0.3) is 0 Å². The molecule has 0 radical (unpaired) electrons. The molecule has 0 bridgehead atoms. The SMILES string of the molecule is Cc1cn(CC(=O)N[C@@H]2CCOC3(CCOCC3)C2)c(=O)[nH]c1=O. The molecular weight excluding hydrogens is 314 g/mol. The van der Waals surface area contributed by atoms with Gasteiger partial charge in [0.25, 0.3) is 5.56 Å². The Morgan fingerprint density at radius 2 is 2.12 bits per heavy atom. The van der Waals surface area contributed by atoms with Crippen LogP contribution in [-0.2, 0) is 20.8 Å². The smallest absolute Gasteiger partial charge is 0.328 e. The molecule has 0 saturated carbocycles. The van der Waals surface area contributed by atoms with Gasteiger partial charge in [0.2, 0.25) is 5.91 Å². The van der Waals surface area contributed by atoms with Crippen molar-refractivity contribution in [2.45, 2.75) is 50.8 Å². The lowest BCUT2D eigenvalue weighted by Gasteiger charge is -2.43. The largest absolute Gasteiger partial charge is 0.381 e. The van der Waals surface area contributed by atoms with Gasteiger partial charge in [0.15, 0.2) is 0 Å². The van der Waals surface area contributed by atoms with Crippen molar-refractivity contribution in [3.8, 4) is 0 Å². The van der Waals surface area contributed by atoms with Crippen LogP contribution < -0.4 is 16.6 Å². The number of aryl methyl sites for hydroxylation is 1. The number of hydrogen-bond acceptors (Lipinski definition) is 5. The van der Waals surface area contributed by atoms with E-state index in [1.807, 2.05) is 0 Å². The van der Waals surface area contributed by atoms with Gasteiger partial charge >= 0.3 is 5.69 Å². The maximum absolute atomic E-state index is 12.3. The van der Waals surface area contributed by atoms with Crippen molar-refractivity contribution in [3.05, 3.63) is 32.6 Å². The second kappa shape index (κ2) is 6.90. The molecule has 3 heterocycles. The van der Waals surface area contributed by atoms with E-state index in [9.17, 15) is 14.4 Å². The van der Waals surface area contributed by atoms with Crippen molar-refractivity contribution in [1.82, 2.24) is 14.9 Å². The fourth-order valence-electron chi connectivity index (χ4n) is 3.41. The van der Waals surface area contributed by atoms with Gasteiger partial charge in [-0.2, -0.15) is 0 Å². The molecule has 8 heteroatoms. The first kappa shape index (κ1) is 16.9. The number of ether oxygens (including phenoxy) is 2. The monoisotopic (exact) mass is 337 g/mol. The van der Waals surface area contributed by atoms with Gasteiger partial charge in [-0.3, -0.25) is 19.1 Å². The van der Waals surface area contributed by atoms with E-state index in [0.717, 1.165) is 25.7 Å². The molecular formula is C16H23N3O5. The number of carbonyl (C=O) groups excluding carboxylic acids is 1. The standard InChI is InChI=1S/C16H23N3O5/c1-11-9-19(15(22)18-14(11)21)10-13(20)17-12-2-5-24-16(8-12)3-6-23-7-4-16/h9,12H,2-8,10H2,1H3,(H,17,20)(H,18,21,22)/t12-/m1/s1. The van der Waals surface area contributed by atoms with Crippen LogP contribution in [0.2, 0.25) is 0 Å². The molecule has 24 heavy (non-hydrogen) atoms. The number of aromatic nitrogens is 2. The summed E-state index contributed by atoms with van der Waals surface area (Å²) in [5, 5.41) is 2.99. The first-order chi connectivity index (χ1) is 11.5. The topological polar surface area (TPSA) is 102 Å². The fourth-order valence-corrected chi connectivity index (χ4v) is 3.41. The average Bonchev–Trinajstić information content (AvgIpc) is 2.53. The molecule has 1 aromatic rings. The predicted octanol–water partition coefficient (Wildman–Crippen LogP) is -0.311. The first-order valence-electron chi connectivity index (χ1n) is 8.29. The lowest BCUT2D eigenvalue weighted by Crippen LogP contribution is -2.51. The zero-order valence-electron chi connectivity index (χ0n) is 13.8. The van der Waals surface area contributed by atoms with E-state index in [0.29, 0.717) is 25.4 Å². The third-order valence-electron chi connectivity index (χ3n) is 4.77. The number of hydrogen-bond donors (Lipinski definition) is 2. The number of aromatic amines is 1. The van der Waals surface area contributed by atoms with E-state index < -0.39 is 11.2 Å². The Morgan fingerprint density at radius 3 is 2.88 bits per heavy atom. The second-order valence-electron chi connectivity index (χ2n) is 6.60. The zero-order chi connectivity index (χ0) is 17.2. The lowest BCUT2D eigenvalue weighted by molar-refractivity contribution is -0.144. The van der Waals surface area contributed by atoms with Crippen LogP contribution in [0.1, 0.15) is 31.2 Å². The Hall–Kier alpha value is -1.93. The molecule has 0 aliphatic carbocycles. The fraction of sp³-hybridized carbons (Fsp3) is 0.688. The molecule has 2 aliphatic heterocycles. The number of nitrogens with zero attached hydrogens (tertiary/aromatic N) is 1. The van der Waals surface area contributed by atoms with Crippen LogP contribution in [0.4, 0.5) is 0 Å². The molecule has 132 valence electrons. The average molecular weight is 337 g/mol. The van der Waals surface area contributed by atoms with Gasteiger partial charge in [0, 0.05) is 37.6 Å². The minimum absolute atomic E-state index is 0.0314. The lowest BCUT2D eigenvalue weighted by atomic mass is 9.84. The number of carbonyl (C=O) groups is 1. The Morgan fingerprint density at radius 1 is 1.38 bits per heavy atom. The second-order valence-corrected chi connectivity index (χ2v) is 6.60. The van der Waals surface area contributed by atoms with Crippen molar-refractivity contribution < 1.29 is 14.3 Å². The molecule has 2 saturated heterocycles. The molecule has 1 atom stereocenters. The quantitative estimate of drug-likeness (QED) is 0.788. The third-order valence-corrected chi connectivity index (χ3v) is 4.77. The third kappa shape index (κ3) is 3.76. The van der Waals surface area contributed by atoms with Gasteiger partial charge in [-0.05, 0) is 32.6 Å². The van der Waals surface area contributed by atoms with Crippen LogP contribution in [0.3, 0.4) is 0 Å². The molecule has 3 rings (SSSR count). The molecule has 2 N–H and O–H groups in total. The summed E-state index contributed by atoms with van der Waals surface area (Å²) in [5.74, 6) is -0.238. The van der Waals surface area contributed by atoms with Gasteiger partial charge in [-0.25, -0.2) is 4.79 Å². The van der Waals surface area contributed by atoms with E-state index >= 15 is 0 Å². The molecule has 0 unspecified atom stereocenters. The molecule has 1 amide bonds. The van der Waals surface area contributed by atoms with Crippen molar-refractivity contribution in [3.63, 3.8) is 0 Å². The normalized spacial score (nSPS) is 23.1. The Bertz CT molecular complexity index is 712. The summed E-state index contributed by atoms with van der Waals surface area (Å²) in [4.78, 5) is 37.6. The van der Waals surface area contributed by atoms with E-state index in [4.69, 9.17) is 9.47 Å². The van der Waals surface area contributed by atoms with E-state index in [1.165, 1.54) is 10.8 Å². The molecule has 0 aromatic carbocycles. The summed E-state index contributed by atoms with van der Waals surface area (Å²) < 4.78 is 12.6. The molecule has 2 fully saturated rings. The highest BCUT2D eigenvalue weighted by Crippen LogP contribution is 2.34. The Kier molecular flexibility index (Phi) is 4.86. The van der Waals surface area contributed by atoms with E-state index in [2.05, 4.69) is 10.3 Å². The molecule has 1 aromatic heterocycles. The molecule has 1 spiro atoms. The summed E-state index contributed by atoms with van der Waals surface area (Å²) in [6.07, 6.45) is 4.62. The Balaban J connectivity index is 1.61. The van der Waals surface area contributed by atoms with Crippen LogP contribution >= 0.6 is 0 Å². The van der Waals surface area contributed by atoms with Crippen molar-refractivity contribution in [2.75, 3.05) is 19.8 Å². The predicted molar refractivity (Wildman–Crippen MR) is 86.0 cm³/mol. The summed E-state index contributed by atoms with van der Waals surface area (Å²) in [6, 6.07) is 0.0314. The maximum Gasteiger partial charge on any atom is 0.328 e. The minimum Gasteiger partial charge on any atom is -0.381 e. The van der Waals surface area contributed by atoms with Crippen molar-refractivity contribution in [1.29, 1.82) is 0 Å². The number of amides is 1. The van der Waals surface area contributed by atoms with Crippen LogP contribution in [0, 0.1) is 6.92 Å². The first-order valence-corrected chi connectivity index (χ1v) is 8.29. The number of nitrogens with one attached hydrogen (secondary N) is 2. The van der Waals surface area contributed by atoms with Gasteiger partial charge in [0.1, 0.15) is 6.54 Å². The van der Waals surface area contributed by atoms with E-state index in [1.54, 1.807) is 6.92 Å². The molecule has 8 nitrogen and oxygen atoms in total. The highest BCUT2D eigenvalue weighted by atomic mass is 16.5. The highest BCUT2D eigenvalue weighted by Gasteiger charge is 2.39. The summed E-state index contributed by atoms with van der Waals surface area (Å²) in [5.41, 5.74) is -0.800. The van der Waals surface area contributed by atoms with Gasteiger partial charge in [-0.15, -0.1) is 0 Å². The van der Waals surface area contributed by atoms with E-state index in [-0.39, 0.29) is 24.1 Å². The van der Waals surface area contributed by atoms with Crippen LogP contribution in [0.15, 0.2) is 15.8 Å². The van der Waals surface area contributed by atoms with Gasteiger partial charge < -0.3 is 14.8 Å². The summed E-state index contributed by atoms with van der Waals surface area (Å²) in [6.45, 7) is 3.48. The number of H-pyrrole nitrogens is 1.